The number of benzene rings is 1. The van der Waals surface area contributed by atoms with Gasteiger partial charge in [-0.25, -0.2) is 14.1 Å². The van der Waals surface area contributed by atoms with Crippen molar-refractivity contribution in [1.82, 2.24) is 0 Å². The average molecular weight is 258 g/mol. The number of nitrogens with zero attached hydrogens (tertiary/aromatic N) is 1. The minimum atomic E-state index is -1.21. The highest BCUT2D eigenvalue weighted by Gasteiger charge is 2.47. The van der Waals surface area contributed by atoms with Crippen LogP contribution in [0.25, 0.3) is 0 Å². The number of ether oxygens (including phenoxy) is 1. The Labute approximate surface area is 102 Å². The van der Waals surface area contributed by atoms with Crippen molar-refractivity contribution >= 4 is 29.3 Å². The van der Waals surface area contributed by atoms with Crippen LogP contribution >= 0.6 is 11.6 Å². The Balaban J connectivity index is 2.44. The SMILES string of the molecule is CC1(C)OC(=O)N(c2ccc(F)c(Cl)c2)C1=O. The minimum Gasteiger partial charge on any atom is -0.433 e. The molecule has 1 heterocycles. The predicted octanol–water partition coefficient (Wildman–Crippen LogP) is 2.74. The van der Waals surface area contributed by atoms with Gasteiger partial charge in [0.1, 0.15) is 5.82 Å². The minimum absolute atomic E-state index is 0.159. The molecule has 1 aromatic rings. The standard InChI is InChI=1S/C11H9ClFNO3/c1-11(2)9(15)14(10(16)17-11)6-3-4-8(13)7(12)5-6/h3-5H,1-2H3. The summed E-state index contributed by atoms with van der Waals surface area (Å²) in [5.41, 5.74) is -1.02. The van der Waals surface area contributed by atoms with Crippen LogP contribution in [-0.4, -0.2) is 17.6 Å². The van der Waals surface area contributed by atoms with Crippen molar-refractivity contribution in [3.63, 3.8) is 0 Å². The van der Waals surface area contributed by atoms with Crippen molar-refractivity contribution in [3.05, 3.63) is 29.0 Å². The molecule has 17 heavy (non-hydrogen) atoms. The van der Waals surface area contributed by atoms with Crippen molar-refractivity contribution in [2.75, 3.05) is 4.90 Å². The Morgan fingerprint density at radius 1 is 1.35 bits per heavy atom. The van der Waals surface area contributed by atoms with Gasteiger partial charge in [0.05, 0.1) is 10.7 Å². The molecular formula is C11H9ClFNO3. The number of halogens is 2. The lowest BCUT2D eigenvalue weighted by atomic mass is 10.1. The molecule has 0 radical (unpaired) electrons. The van der Waals surface area contributed by atoms with E-state index in [1.807, 2.05) is 0 Å². The van der Waals surface area contributed by atoms with E-state index in [1.54, 1.807) is 0 Å². The maximum absolute atomic E-state index is 13.0. The molecule has 90 valence electrons. The number of anilines is 1. The first kappa shape index (κ1) is 11.9. The van der Waals surface area contributed by atoms with Gasteiger partial charge in [-0.3, -0.25) is 4.79 Å². The summed E-state index contributed by atoms with van der Waals surface area (Å²) in [6.07, 6.45) is -0.789. The summed E-state index contributed by atoms with van der Waals surface area (Å²) < 4.78 is 17.9. The first-order valence-corrected chi connectivity index (χ1v) is 5.23. The first-order valence-electron chi connectivity index (χ1n) is 4.85. The van der Waals surface area contributed by atoms with E-state index in [0.29, 0.717) is 0 Å². The van der Waals surface area contributed by atoms with Crippen LogP contribution in [-0.2, 0) is 9.53 Å². The summed E-state index contributed by atoms with van der Waals surface area (Å²) in [7, 11) is 0. The zero-order chi connectivity index (χ0) is 12.8. The van der Waals surface area contributed by atoms with Crippen LogP contribution in [0, 0.1) is 5.82 Å². The van der Waals surface area contributed by atoms with E-state index in [-0.39, 0.29) is 10.7 Å². The fourth-order valence-corrected chi connectivity index (χ4v) is 1.68. The molecule has 4 nitrogen and oxygen atoms in total. The molecule has 0 aromatic heterocycles. The molecule has 1 fully saturated rings. The number of hydrogen-bond donors (Lipinski definition) is 0. The summed E-state index contributed by atoms with van der Waals surface area (Å²) in [4.78, 5) is 24.3. The summed E-state index contributed by atoms with van der Waals surface area (Å²) in [5.74, 6) is -1.13. The van der Waals surface area contributed by atoms with Crippen LogP contribution in [0.2, 0.25) is 5.02 Å². The maximum Gasteiger partial charge on any atom is 0.422 e. The molecule has 0 bridgehead atoms. The summed E-state index contributed by atoms with van der Waals surface area (Å²) in [5, 5.41) is -0.159. The lowest BCUT2D eigenvalue weighted by molar-refractivity contribution is -0.127. The lowest BCUT2D eigenvalue weighted by Crippen LogP contribution is -2.36. The molecule has 1 aromatic carbocycles. The van der Waals surface area contributed by atoms with Gasteiger partial charge in [0.2, 0.25) is 0 Å². The quantitative estimate of drug-likeness (QED) is 0.777. The molecule has 2 amide bonds. The topological polar surface area (TPSA) is 46.6 Å². The Bertz CT molecular complexity index is 515. The predicted molar refractivity (Wildman–Crippen MR) is 59.5 cm³/mol. The van der Waals surface area contributed by atoms with Gasteiger partial charge in [-0.1, -0.05) is 11.6 Å². The monoisotopic (exact) mass is 257 g/mol. The third-order valence-corrected chi connectivity index (χ3v) is 2.69. The summed E-state index contributed by atoms with van der Waals surface area (Å²) >= 11 is 5.59. The average Bonchev–Trinajstić information content (AvgIpc) is 2.42. The van der Waals surface area contributed by atoms with E-state index in [9.17, 15) is 14.0 Å². The van der Waals surface area contributed by atoms with Crippen LogP contribution in [0.4, 0.5) is 14.9 Å². The fraction of sp³-hybridized carbons (Fsp3) is 0.273. The molecule has 0 unspecified atom stereocenters. The highest BCUT2D eigenvalue weighted by Crippen LogP contribution is 2.31. The number of hydrogen-bond acceptors (Lipinski definition) is 3. The second kappa shape index (κ2) is 3.70. The summed E-state index contributed by atoms with van der Waals surface area (Å²) in [6, 6.07) is 3.59. The van der Waals surface area contributed by atoms with Crippen LogP contribution < -0.4 is 4.90 Å². The summed E-state index contributed by atoms with van der Waals surface area (Å²) in [6.45, 7) is 2.97. The molecule has 1 aliphatic heterocycles. The van der Waals surface area contributed by atoms with E-state index in [4.69, 9.17) is 16.3 Å². The van der Waals surface area contributed by atoms with E-state index >= 15 is 0 Å². The van der Waals surface area contributed by atoms with Crippen molar-refractivity contribution in [1.29, 1.82) is 0 Å². The number of carbonyl (C=O) groups excluding carboxylic acids is 2. The van der Waals surface area contributed by atoms with Crippen LogP contribution in [0.15, 0.2) is 18.2 Å². The van der Waals surface area contributed by atoms with E-state index in [1.165, 1.54) is 26.0 Å². The maximum atomic E-state index is 13.0. The third-order valence-electron chi connectivity index (χ3n) is 2.40. The Morgan fingerprint density at radius 2 is 2.00 bits per heavy atom. The van der Waals surface area contributed by atoms with Gasteiger partial charge in [0, 0.05) is 0 Å². The smallest absolute Gasteiger partial charge is 0.422 e. The molecule has 0 spiro atoms. The molecule has 0 aliphatic carbocycles. The van der Waals surface area contributed by atoms with Crippen LogP contribution in [0.1, 0.15) is 13.8 Å². The molecule has 1 aliphatic rings. The zero-order valence-electron chi connectivity index (χ0n) is 9.16. The molecule has 6 heteroatoms. The van der Waals surface area contributed by atoms with E-state index in [0.717, 1.165) is 11.0 Å². The molecule has 2 rings (SSSR count). The van der Waals surface area contributed by atoms with Gasteiger partial charge < -0.3 is 4.74 Å². The van der Waals surface area contributed by atoms with Gasteiger partial charge in [-0.15, -0.1) is 0 Å². The normalized spacial score (nSPS) is 18.5. The fourth-order valence-electron chi connectivity index (χ4n) is 1.51. The Kier molecular flexibility index (Phi) is 2.58. The van der Waals surface area contributed by atoms with Gasteiger partial charge in [0.25, 0.3) is 5.91 Å². The van der Waals surface area contributed by atoms with Crippen molar-refractivity contribution in [3.8, 4) is 0 Å². The second-order valence-corrected chi connectivity index (χ2v) is 4.52. The first-order chi connectivity index (χ1) is 7.83. The zero-order valence-corrected chi connectivity index (χ0v) is 9.92. The largest absolute Gasteiger partial charge is 0.433 e. The lowest BCUT2D eigenvalue weighted by Gasteiger charge is -2.14. The van der Waals surface area contributed by atoms with Crippen LogP contribution in [0.5, 0.6) is 0 Å². The van der Waals surface area contributed by atoms with Gasteiger partial charge in [-0.2, -0.15) is 0 Å². The Hall–Kier alpha value is -1.62. The number of imide groups is 1. The van der Waals surface area contributed by atoms with Gasteiger partial charge in [-0.05, 0) is 32.0 Å². The number of cyclic esters (lactones) is 1. The van der Waals surface area contributed by atoms with E-state index < -0.39 is 23.4 Å². The van der Waals surface area contributed by atoms with Crippen molar-refractivity contribution in [2.45, 2.75) is 19.4 Å². The molecule has 0 atom stereocenters. The van der Waals surface area contributed by atoms with Crippen molar-refractivity contribution < 1.29 is 18.7 Å². The molecular weight excluding hydrogens is 249 g/mol. The number of carbonyl (C=O) groups is 2. The highest BCUT2D eigenvalue weighted by molar-refractivity contribution is 6.31. The van der Waals surface area contributed by atoms with Crippen molar-refractivity contribution in [2.24, 2.45) is 0 Å². The van der Waals surface area contributed by atoms with Gasteiger partial charge in [0.15, 0.2) is 5.60 Å². The number of amides is 2. The highest BCUT2D eigenvalue weighted by atomic mass is 35.5. The van der Waals surface area contributed by atoms with Gasteiger partial charge >= 0.3 is 6.09 Å². The molecule has 0 N–H and O–H groups in total. The molecule has 1 saturated heterocycles. The molecule has 0 saturated carbocycles. The number of rotatable bonds is 1. The second-order valence-electron chi connectivity index (χ2n) is 4.12. The third kappa shape index (κ3) is 1.86. The Morgan fingerprint density at radius 3 is 2.47 bits per heavy atom. The van der Waals surface area contributed by atoms with E-state index in [2.05, 4.69) is 0 Å². The van der Waals surface area contributed by atoms with Crippen LogP contribution in [0.3, 0.4) is 0 Å².